The molecule has 0 unspecified atom stereocenters. The van der Waals surface area contributed by atoms with E-state index in [4.69, 9.17) is 4.84 Å². The van der Waals surface area contributed by atoms with Gasteiger partial charge in [-0.15, -0.1) is 0 Å². The van der Waals surface area contributed by atoms with Gasteiger partial charge in [-0.05, 0) is 0 Å². The Kier molecular flexibility index (Phi) is 2.71. The third-order valence-electron chi connectivity index (χ3n) is 3.28. The van der Waals surface area contributed by atoms with E-state index in [2.05, 4.69) is 48.5 Å². The van der Waals surface area contributed by atoms with Gasteiger partial charge in [0.2, 0.25) is 0 Å². The van der Waals surface area contributed by atoms with E-state index >= 15 is 0 Å². The third-order valence-corrected chi connectivity index (χ3v) is 3.28. The normalized spacial score (nSPS) is 17.6. The van der Waals surface area contributed by atoms with Crippen LogP contribution >= 0.6 is 0 Å². The predicted octanol–water partition coefficient (Wildman–Crippen LogP) is 3.04. The van der Waals surface area contributed by atoms with Gasteiger partial charge in [-0.3, -0.25) is 0 Å². The van der Waals surface area contributed by atoms with Crippen LogP contribution in [0.1, 0.15) is 0 Å². The molecule has 1 heterocycles. The Labute approximate surface area is 102 Å². The molecule has 1 saturated heterocycles. The molecule has 0 saturated carbocycles. The van der Waals surface area contributed by atoms with Gasteiger partial charge in [-0.2, -0.15) is 4.56 Å². The molecule has 1 aliphatic rings. The van der Waals surface area contributed by atoms with E-state index in [1.165, 1.54) is 11.4 Å². The summed E-state index contributed by atoms with van der Waals surface area (Å²) in [7, 11) is 1.01. The molecular formula is C14H15BNO+. The number of rotatable bonds is 2. The van der Waals surface area contributed by atoms with E-state index in [9.17, 15) is 0 Å². The van der Waals surface area contributed by atoms with Crippen molar-refractivity contribution in [2.24, 2.45) is 0 Å². The molecule has 2 aromatic rings. The number of nitrogens with zero attached hydrogens (tertiary/aromatic N) is 1. The Hall–Kier alpha value is -1.58. The van der Waals surface area contributed by atoms with Crippen LogP contribution in [0.4, 0.5) is 11.4 Å². The smallest absolute Gasteiger partial charge is 0.215 e. The van der Waals surface area contributed by atoms with E-state index in [-0.39, 0.29) is 0 Å². The molecule has 0 spiro atoms. The van der Waals surface area contributed by atoms with Crippen molar-refractivity contribution in [2.75, 3.05) is 6.61 Å². The molecule has 1 fully saturated rings. The molecule has 3 heteroatoms. The van der Waals surface area contributed by atoms with Gasteiger partial charge < -0.3 is 0 Å². The number of hydrogen-bond donors (Lipinski definition) is 0. The minimum absolute atomic E-state index is 0.529. The van der Waals surface area contributed by atoms with E-state index in [1.54, 1.807) is 0 Å². The van der Waals surface area contributed by atoms with Gasteiger partial charge in [0.1, 0.15) is 18.0 Å². The summed E-state index contributed by atoms with van der Waals surface area (Å²) in [6.45, 7) is 0.823. The zero-order chi connectivity index (χ0) is 11.6. The fourth-order valence-corrected chi connectivity index (χ4v) is 2.47. The van der Waals surface area contributed by atoms with Gasteiger partial charge in [0, 0.05) is 30.6 Å². The van der Waals surface area contributed by atoms with Gasteiger partial charge >= 0.3 is 7.41 Å². The quantitative estimate of drug-likeness (QED) is 0.712. The van der Waals surface area contributed by atoms with Gasteiger partial charge in [0.05, 0.1) is 0 Å². The molecule has 1 aliphatic heterocycles. The average Bonchev–Trinajstić information content (AvgIpc) is 2.91. The standard InChI is InChI=1S/C14H15BNO/c1-3-7-13(8-4-1)16(15-11-12-17-16)14-9-5-2-6-10-14/h1-10,15H,11-12H2/q+1. The second-order valence-electron chi connectivity index (χ2n) is 4.32. The number of para-hydroxylation sites is 2. The van der Waals surface area contributed by atoms with Crippen molar-refractivity contribution in [3.63, 3.8) is 0 Å². The average molecular weight is 224 g/mol. The second kappa shape index (κ2) is 4.36. The molecule has 2 aromatic carbocycles. The Bertz CT molecular complexity index is 439. The van der Waals surface area contributed by atoms with Crippen molar-refractivity contribution in [3.8, 4) is 0 Å². The molecule has 0 atom stereocenters. The van der Waals surface area contributed by atoms with E-state index < -0.39 is 0 Å². The van der Waals surface area contributed by atoms with Crippen molar-refractivity contribution >= 4 is 18.8 Å². The van der Waals surface area contributed by atoms with Crippen molar-refractivity contribution in [1.82, 2.24) is 4.56 Å². The van der Waals surface area contributed by atoms with Crippen LogP contribution < -0.4 is 4.56 Å². The number of hydrogen-bond acceptors (Lipinski definition) is 1. The van der Waals surface area contributed by atoms with Crippen LogP contribution in [0, 0.1) is 0 Å². The van der Waals surface area contributed by atoms with Crippen molar-refractivity contribution in [2.45, 2.75) is 6.32 Å². The summed E-state index contributed by atoms with van der Waals surface area (Å²) < 4.78 is 0.529. The summed E-state index contributed by atoms with van der Waals surface area (Å²) in [5, 5.41) is 0. The Morgan fingerprint density at radius 1 is 0.824 bits per heavy atom. The third kappa shape index (κ3) is 1.77. The number of quaternary nitrogens is 1. The number of benzene rings is 2. The van der Waals surface area contributed by atoms with E-state index in [0.717, 1.165) is 20.3 Å². The lowest BCUT2D eigenvalue weighted by Crippen LogP contribution is -2.41. The lowest BCUT2D eigenvalue weighted by atomic mass is 9.85. The summed E-state index contributed by atoms with van der Waals surface area (Å²) in [6, 6.07) is 20.9. The molecule has 0 aliphatic carbocycles. The van der Waals surface area contributed by atoms with E-state index in [0.29, 0.717) is 4.56 Å². The first-order chi connectivity index (χ1) is 8.42. The maximum absolute atomic E-state index is 6.05. The van der Waals surface area contributed by atoms with Gasteiger partial charge in [-0.1, -0.05) is 36.4 Å². The molecule has 17 heavy (non-hydrogen) atoms. The highest BCUT2D eigenvalue weighted by Gasteiger charge is 2.41. The van der Waals surface area contributed by atoms with Crippen molar-refractivity contribution in [1.29, 1.82) is 0 Å². The molecule has 0 aromatic heterocycles. The van der Waals surface area contributed by atoms with Crippen molar-refractivity contribution in [3.05, 3.63) is 60.7 Å². The molecular weight excluding hydrogens is 209 g/mol. The Balaban J connectivity index is 2.11. The van der Waals surface area contributed by atoms with Crippen LogP contribution in [0.2, 0.25) is 6.32 Å². The zero-order valence-corrected chi connectivity index (χ0v) is 9.75. The largest absolute Gasteiger partial charge is 0.436 e. The molecule has 0 bridgehead atoms. The highest BCUT2D eigenvalue weighted by atomic mass is 16.7. The first-order valence-electron chi connectivity index (χ1n) is 6.06. The Morgan fingerprint density at radius 3 is 1.76 bits per heavy atom. The summed E-state index contributed by atoms with van der Waals surface area (Å²) in [5.41, 5.74) is 2.41. The van der Waals surface area contributed by atoms with Gasteiger partial charge in [-0.25, -0.2) is 4.84 Å². The molecule has 0 amide bonds. The summed E-state index contributed by atoms with van der Waals surface area (Å²) in [5.74, 6) is 0. The topological polar surface area (TPSA) is 9.23 Å². The van der Waals surface area contributed by atoms with Crippen molar-refractivity contribution < 1.29 is 4.84 Å². The highest BCUT2D eigenvalue weighted by Crippen LogP contribution is 2.37. The van der Waals surface area contributed by atoms with Gasteiger partial charge in [0.15, 0.2) is 0 Å². The molecule has 84 valence electrons. The Morgan fingerprint density at radius 2 is 1.35 bits per heavy atom. The molecule has 0 radical (unpaired) electrons. The molecule has 2 nitrogen and oxygen atoms in total. The van der Waals surface area contributed by atoms with Crippen LogP contribution in [-0.2, 0) is 4.84 Å². The van der Waals surface area contributed by atoms with Crippen LogP contribution in [0.5, 0.6) is 0 Å². The fraction of sp³-hybridized carbons (Fsp3) is 0.143. The fourth-order valence-electron chi connectivity index (χ4n) is 2.47. The van der Waals surface area contributed by atoms with Crippen LogP contribution in [0.15, 0.2) is 60.7 Å². The first kappa shape index (κ1) is 10.6. The SMILES string of the molecule is B1CCO[N+]1(c1ccccc1)c1ccccc1. The lowest BCUT2D eigenvalue weighted by Gasteiger charge is -2.30. The highest BCUT2D eigenvalue weighted by molar-refractivity contribution is 6.40. The second-order valence-corrected chi connectivity index (χ2v) is 4.32. The lowest BCUT2D eigenvalue weighted by molar-refractivity contribution is -0.00726. The maximum atomic E-state index is 6.05. The maximum Gasteiger partial charge on any atom is 0.436 e. The monoisotopic (exact) mass is 224 g/mol. The minimum Gasteiger partial charge on any atom is -0.215 e. The predicted molar refractivity (Wildman–Crippen MR) is 72.2 cm³/mol. The van der Waals surface area contributed by atoms with Crippen LogP contribution in [0.25, 0.3) is 0 Å². The van der Waals surface area contributed by atoms with E-state index in [1.807, 2.05) is 12.1 Å². The zero-order valence-electron chi connectivity index (χ0n) is 9.75. The summed E-state index contributed by atoms with van der Waals surface area (Å²) >= 11 is 0. The van der Waals surface area contributed by atoms with Gasteiger partial charge in [0.25, 0.3) is 0 Å². The summed E-state index contributed by atoms with van der Waals surface area (Å²) in [6.07, 6.45) is 1.10. The van der Waals surface area contributed by atoms with Crippen LogP contribution in [-0.4, -0.2) is 14.0 Å². The molecule has 0 N–H and O–H groups in total. The molecule has 3 rings (SSSR count). The van der Waals surface area contributed by atoms with Crippen LogP contribution in [0.3, 0.4) is 0 Å². The first-order valence-corrected chi connectivity index (χ1v) is 6.06. The minimum atomic E-state index is 0.529. The summed E-state index contributed by atoms with van der Waals surface area (Å²) in [4.78, 5) is 6.05.